The molecule has 1 N–H and O–H groups in total. The Hall–Kier alpha value is -0.600. The maximum absolute atomic E-state index is 5.85. The molecule has 1 saturated heterocycles. The lowest BCUT2D eigenvalue weighted by Crippen LogP contribution is -2.54. The molecule has 0 bridgehead atoms. The molecule has 1 aromatic heterocycles. The fraction of sp³-hybridized carbons (Fsp3) is 0.643. The van der Waals surface area contributed by atoms with Gasteiger partial charge in [-0.2, -0.15) is 0 Å². The van der Waals surface area contributed by atoms with Crippen molar-refractivity contribution < 1.29 is 0 Å². The molecule has 92 valence electrons. The van der Waals surface area contributed by atoms with Crippen molar-refractivity contribution >= 4 is 11.6 Å². The summed E-state index contributed by atoms with van der Waals surface area (Å²) < 4.78 is 0. The molecule has 3 heteroatoms. The molecule has 0 unspecified atom stereocenters. The van der Waals surface area contributed by atoms with Crippen LogP contribution in [0.4, 0.5) is 0 Å². The van der Waals surface area contributed by atoms with E-state index in [-0.39, 0.29) is 0 Å². The van der Waals surface area contributed by atoms with E-state index in [1.807, 2.05) is 6.07 Å². The van der Waals surface area contributed by atoms with Crippen LogP contribution < -0.4 is 5.32 Å². The highest BCUT2D eigenvalue weighted by Crippen LogP contribution is 2.42. The first-order valence-corrected chi connectivity index (χ1v) is 6.95. The minimum absolute atomic E-state index is 0.671. The Morgan fingerprint density at radius 3 is 2.59 bits per heavy atom. The van der Waals surface area contributed by atoms with Gasteiger partial charge >= 0.3 is 0 Å². The predicted octanol–water partition coefficient (Wildman–Crippen LogP) is 3.06. The second kappa shape index (κ2) is 4.58. The summed E-state index contributed by atoms with van der Waals surface area (Å²) in [6.45, 7) is 2.50. The first-order chi connectivity index (χ1) is 8.26. The second-order valence-corrected chi connectivity index (χ2v) is 6.16. The monoisotopic (exact) mass is 250 g/mol. The quantitative estimate of drug-likeness (QED) is 0.873. The third-order valence-electron chi connectivity index (χ3n) is 4.45. The van der Waals surface area contributed by atoms with Crippen molar-refractivity contribution in [2.45, 2.75) is 32.1 Å². The van der Waals surface area contributed by atoms with Crippen molar-refractivity contribution in [3.05, 3.63) is 29.0 Å². The number of halogens is 1. The Morgan fingerprint density at radius 1 is 1.29 bits per heavy atom. The third-order valence-corrected chi connectivity index (χ3v) is 4.68. The summed E-state index contributed by atoms with van der Waals surface area (Å²) in [4.78, 5) is 4.40. The first-order valence-electron chi connectivity index (χ1n) is 6.57. The van der Waals surface area contributed by atoms with E-state index < -0.39 is 0 Å². The van der Waals surface area contributed by atoms with Crippen LogP contribution in [0.3, 0.4) is 0 Å². The molecule has 1 spiro atoms. The third kappa shape index (κ3) is 2.48. The average molecular weight is 251 g/mol. The van der Waals surface area contributed by atoms with Gasteiger partial charge in [-0.25, -0.2) is 0 Å². The van der Waals surface area contributed by atoms with Gasteiger partial charge in [0.2, 0.25) is 0 Å². The lowest BCUT2D eigenvalue weighted by molar-refractivity contribution is 0.0815. The molecule has 0 aromatic carbocycles. The van der Waals surface area contributed by atoms with E-state index in [1.54, 1.807) is 6.20 Å². The fourth-order valence-electron chi connectivity index (χ4n) is 3.15. The molecule has 0 radical (unpaired) electrons. The Balaban J connectivity index is 1.55. The van der Waals surface area contributed by atoms with E-state index in [0.29, 0.717) is 5.41 Å². The van der Waals surface area contributed by atoms with Gasteiger partial charge in [-0.3, -0.25) is 4.98 Å². The highest BCUT2D eigenvalue weighted by Gasteiger charge is 2.39. The van der Waals surface area contributed by atoms with E-state index in [9.17, 15) is 0 Å². The van der Waals surface area contributed by atoms with Crippen LogP contribution in [0.15, 0.2) is 18.3 Å². The molecule has 2 heterocycles. The SMILES string of the molecule is Clc1ccc(CC2CCC3(CC2)CNC3)nc1. The molecule has 3 rings (SSSR count). The van der Waals surface area contributed by atoms with Crippen LogP contribution in [-0.4, -0.2) is 18.1 Å². The lowest BCUT2D eigenvalue weighted by Gasteiger charge is -2.47. The van der Waals surface area contributed by atoms with Gasteiger partial charge in [0, 0.05) is 25.0 Å². The zero-order valence-electron chi connectivity index (χ0n) is 10.1. The molecular formula is C14H19ClN2. The normalized spacial score (nSPS) is 23.6. The molecule has 0 amide bonds. The van der Waals surface area contributed by atoms with Gasteiger partial charge in [0.1, 0.15) is 0 Å². The van der Waals surface area contributed by atoms with Crippen molar-refractivity contribution in [2.24, 2.45) is 11.3 Å². The summed E-state index contributed by atoms with van der Waals surface area (Å²) in [5, 5.41) is 4.15. The largest absolute Gasteiger partial charge is 0.316 e. The van der Waals surface area contributed by atoms with Gasteiger partial charge < -0.3 is 5.32 Å². The van der Waals surface area contributed by atoms with Crippen LogP contribution in [0.5, 0.6) is 0 Å². The number of hydrogen-bond acceptors (Lipinski definition) is 2. The number of nitrogens with zero attached hydrogens (tertiary/aromatic N) is 1. The van der Waals surface area contributed by atoms with Crippen molar-refractivity contribution in [1.82, 2.24) is 10.3 Å². The summed E-state index contributed by atoms with van der Waals surface area (Å²) in [6, 6.07) is 4.02. The number of rotatable bonds is 2. The molecule has 2 aliphatic rings. The number of nitrogens with one attached hydrogen (secondary N) is 1. The van der Waals surface area contributed by atoms with Gasteiger partial charge in [0.25, 0.3) is 0 Å². The van der Waals surface area contributed by atoms with Crippen molar-refractivity contribution in [1.29, 1.82) is 0 Å². The van der Waals surface area contributed by atoms with Crippen LogP contribution >= 0.6 is 11.6 Å². The van der Waals surface area contributed by atoms with Gasteiger partial charge in [-0.05, 0) is 55.6 Å². The Kier molecular flexibility index (Phi) is 3.10. The van der Waals surface area contributed by atoms with E-state index in [2.05, 4.69) is 16.4 Å². The summed E-state index contributed by atoms with van der Waals surface area (Å²) in [5.41, 5.74) is 1.87. The smallest absolute Gasteiger partial charge is 0.0589 e. The standard InChI is InChI=1S/C14H19ClN2/c15-12-1-2-13(17-8-12)7-11-3-5-14(6-4-11)9-16-10-14/h1-2,8,11,16H,3-7,9-10H2. The molecular weight excluding hydrogens is 232 g/mol. The number of hydrogen-bond donors (Lipinski definition) is 1. The first kappa shape index (κ1) is 11.5. The van der Waals surface area contributed by atoms with Crippen LogP contribution in [0.2, 0.25) is 5.02 Å². The molecule has 17 heavy (non-hydrogen) atoms. The van der Waals surface area contributed by atoms with E-state index in [1.165, 1.54) is 44.5 Å². The molecule has 1 aliphatic heterocycles. The van der Waals surface area contributed by atoms with E-state index in [4.69, 9.17) is 11.6 Å². The number of pyridine rings is 1. The summed E-state index contributed by atoms with van der Waals surface area (Å²) in [5.74, 6) is 0.829. The molecule has 1 saturated carbocycles. The van der Waals surface area contributed by atoms with Crippen LogP contribution in [-0.2, 0) is 6.42 Å². The summed E-state index contributed by atoms with van der Waals surface area (Å²) in [6.07, 6.45) is 8.42. The number of aromatic nitrogens is 1. The lowest BCUT2D eigenvalue weighted by atomic mass is 9.66. The molecule has 0 atom stereocenters. The highest BCUT2D eigenvalue weighted by molar-refractivity contribution is 6.30. The highest BCUT2D eigenvalue weighted by atomic mass is 35.5. The van der Waals surface area contributed by atoms with Crippen LogP contribution in [0.25, 0.3) is 0 Å². The molecule has 2 nitrogen and oxygen atoms in total. The Morgan fingerprint density at radius 2 is 2.06 bits per heavy atom. The summed E-state index contributed by atoms with van der Waals surface area (Å²) in [7, 11) is 0. The maximum Gasteiger partial charge on any atom is 0.0589 e. The Labute approximate surface area is 108 Å². The fourth-order valence-corrected chi connectivity index (χ4v) is 3.26. The van der Waals surface area contributed by atoms with Gasteiger partial charge in [-0.1, -0.05) is 11.6 Å². The zero-order valence-corrected chi connectivity index (χ0v) is 10.8. The second-order valence-electron chi connectivity index (χ2n) is 5.72. The Bertz CT molecular complexity index is 374. The topological polar surface area (TPSA) is 24.9 Å². The van der Waals surface area contributed by atoms with Crippen molar-refractivity contribution in [3.63, 3.8) is 0 Å². The van der Waals surface area contributed by atoms with Crippen LogP contribution in [0.1, 0.15) is 31.4 Å². The molecule has 1 aromatic rings. The maximum atomic E-state index is 5.85. The zero-order chi connectivity index (χ0) is 11.7. The molecule has 1 aliphatic carbocycles. The van der Waals surface area contributed by atoms with Gasteiger partial charge in [0.05, 0.1) is 5.02 Å². The van der Waals surface area contributed by atoms with E-state index in [0.717, 1.165) is 17.4 Å². The van der Waals surface area contributed by atoms with Gasteiger partial charge in [0.15, 0.2) is 0 Å². The van der Waals surface area contributed by atoms with Crippen molar-refractivity contribution in [3.8, 4) is 0 Å². The summed E-state index contributed by atoms with van der Waals surface area (Å²) >= 11 is 5.85. The van der Waals surface area contributed by atoms with Gasteiger partial charge in [-0.15, -0.1) is 0 Å². The average Bonchev–Trinajstić information content (AvgIpc) is 2.31. The predicted molar refractivity (Wildman–Crippen MR) is 70.2 cm³/mol. The minimum atomic E-state index is 0.671. The van der Waals surface area contributed by atoms with Crippen molar-refractivity contribution in [2.75, 3.05) is 13.1 Å². The molecule has 2 fully saturated rings. The van der Waals surface area contributed by atoms with E-state index >= 15 is 0 Å². The van der Waals surface area contributed by atoms with Crippen LogP contribution in [0, 0.1) is 11.3 Å². The minimum Gasteiger partial charge on any atom is -0.316 e.